The fraction of sp³-hybridized carbons (Fsp3) is 0.429. The largest absolute Gasteiger partial charge is 0.467 e. The molecule has 1 aromatic rings. The predicted molar refractivity (Wildman–Crippen MR) is 80.8 cm³/mol. The van der Waals surface area contributed by atoms with Crippen molar-refractivity contribution >= 4 is 29.2 Å². The normalized spacial score (nSPS) is 11.9. The van der Waals surface area contributed by atoms with E-state index in [4.69, 9.17) is 11.6 Å². The minimum absolute atomic E-state index is 0.0616. The number of non-ortho nitro benzene ring substituents is 1. The standard InChI is InChI=1S/C14H17ClN2O5/c1-8(2)6-12(14(19)22-3)16-13(18)10-7-9(17(20)21)4-5-11(10)15/h4-5,7-8,12H,6H2,1-3H3,(H,16,18)/t12-/m0/s1. The van der Waals surface area contributed by atoms with E-state index in [2.05, 4.69) is 10.1 Å². The second kappa shape index (κ2) is 7.74. The number of nitrogens with one attached hydrogen (secondary N) is 1. The highest BCUT2D eigenvalue weighted by molar-refractivity contribution is 6.34. The zero-order chi connectivity index (χ0) is 16.9. The highest BCUT2D eigenvalue weighted by atomic mass is 35.5. The average Bonchev–Trinajstić information content (AvgIpc) is 2.45. The Balaban J connectivity index is 3.01. The van der Waals surface area contributed by atoms with Gasteiger partial charge < -0.3 is 10.1 Å². The summed E-state index contributed by atoms with van der Waals surface area (Å²) in [7, 11) is 1.22. The van der Waals surface area contributed by atoms with Gasteiger partial charge in [-0.2, -0.15) is 0 Å². The van der Waals surface area contributed by atoms with E-state index in [0.29, 0.717) is 6.42 Å². The molecule has 8 heteroatoms. The summed E-state index contributed by atoms with van der Waals surface area (Å²) in [4.78, 5) is 34.1. The predicted octanol–water partition coefficient (Wildman–Crippen LogP) is 2.57. The van der Waals surface area contributed by atoms with Crippen molar-refractivity contribution in [2.24, 2.45) is 5.92 Å². The first-order valence-corrected chi connectivity index (χ1v) is 6.96. The highest BCUT2D eigenvalue weighted by Gasteiger charge is 2.25. The molecule has 0 saturated carbocycles. The number of rotatable bonds is 6. The van der Waals surface area contributed by atoms with E-state index in [9.17, 15) is 19.7 Å². The van der Waals surface area contributed by atoms with E-state index in [-0.39, 0.29) is 22.2 Å². The van der Waals surface area contributed by atoms with E-state index in [0.717, 1.165) is 6.07 Å². The van der Waals surface area contributed by atoms with Crippen molar-refractivity contribution in [1.29, 1.82) is 0 Å². The van der Waals surface area contributed by atoms with Gasteiger partial charge in [-0.3, -0.25) is 14.9 Å². The topological polar surface area (TPSA) is 98.5 Å². The van der Waals surface area contributed by atoms with E-state index in [1.54, 1.807) is 0 Å². The lowest BCUT2D eigenvalue weighted by Gasteiger charge is -2.18. The summed E-state index contributed by atoms with van der Waals surface area (Å²) < 4.78 is 4.65. The minimum Gasteiger partial charge on any atom is -0.467 e. The average molecular weight is 329 g/mol. The van der Waals surface area contributed by atoms with Crippen LogP contribution in [0.3, 0.4) is 0 Å². The fourth-order valence-corrected chi connectivity index (χ4v) is 2.07. The first-order chi connectivity index (χ1) is 10.3. The molecule has 0 aliphatic carbocycles. The molecule has 22 heavy (non-hydrogen) atoms. The Kier molecular flexibility index (Phi) is 6.30. The maximum absolute atomic E-state index is 12.2. The Bertz CT molecular complexity index is 589. The number of esters is 1. The van der Waals surface area contributed by atoms with Crippen LogP contribution in [0.5, 0.6) is 0 Å². The van der Waals surface area contributed by atoms with Crippen molar-refractivity contribution in [1.82, 2.24) is 5.32 Å². The van der Waals surface area contributed by atoms with Crippen molar-refractivity contribution in [3.63, 3.8) is 0 Å². The molecule has 0 bridgehead atoms. The summed E-state index contributed by atoms with van der Waals surface area (Å²) in [5.74, 6) is -1.10. The zero-order valence-corrected chi connectivity index (χ0v) is 13.2. The number of nitro benzene ring substituents is 1. The lowest BCUT2D eigenvalue weighted by molar-refractivity contribution is -0.384. The van der Waals surface area contributed by atoms with Crippen LogP contribution in [0.1, 0.15) is 30.6 Å². The summed E-state index contributed by atoms with van der Waals surface area (Å²) in [6, 6.07) is 2.70. The molecule has 0 heterocycles. The Morgan fingerprint density at radius 2 is 2.05 bits per heavy atom. The van der Waals surface area contributed by atoms with Gasteiger partial charge in [0.2, 0.25) is 0 Å². The third kappa shape index (κ3) is 4.70. The summed E-state index contributed by atoms with van der Waals surface area (Å²) in [6.45, 7) is 3.78. The maximum Gasteiger partial charge on any atom is 0.328 e. The molecule has 1 rings (SSSR count). The number of nitrogens with zero attached hydrogens (tertiary/aromatic N) is 1. The molecule has 0 spiro atoms. The number of amides is 1. The minimum atomic E-state index is -0.840. The monoisotopic (exact) mass is 328 g/mol. The number of carbonyl (C=O) groups is 2. The van der Waals surface area contributed by atoms with Crippen molar-refractivity contribution in [2.45, 2.75) is 26.3 Å². The smallest absolute Gasteiger partial charge is 0.328 e. The second-order valence-electron chi connectivity index (χ2n) is 5.10. The van der Waals surface area contributed by atoms with Crippen LogP contribution in [-0.4, -0.2) is 30.0 Å². The number of nitro groups is 1. The Morgan fingerprint density at radius 3 is 2.55 bits per heavy atom. The van der Waals surface area contributed by atoms with Gasteiger partial charge in [-0.15, -0.1) is 0 Å². The zero-order valence-electron chi connectivity index (χ0n) is 12.5. The van der Waals surface area contributed by atoms with Gasteiger partial charge in [0.1, 0.15) is 6.04 Å². The van der Waals surface area contributed by atoms with Crippen LogP contribution in [0.2, 0.25) is 5.02 Å². The summed E-state index contributed by atoms with van der Waals surface area (Å²) >= 11 is 5.90. The van der Waals surface area contributed by atoms with Gasteiger partial charge >= 0.3 is 5.97 Å². The van der Waals surface area contributed by atoms with Crippen molar-refractivity contribution < 1.29 is 19.2 Å². The highest BCUT2D eigenvalue weighted by Crippen LogP contribution is 2.22. The van der Waals surface area contributed by atoms with Gasteiger partial charge in [-0.25, -0.2) is 4.79 Å². The molecule has 0 saturated heterocycles. The summed E-state index contributed by atoms with van der Waals surface area (Å²) in [5, 5.41) is 13.3. The number of hydrogen-bond donors (Lipinski definition) is 1. The van der Waals surface area contributed by atoms with Crippen LogP contribution in [0.25, 0.3) is 0 Å². The number of hydrogen-bond acceptors (Lipinski definition) is 5. The SMILES string of the molecule is COC(=O)[C@H](CC(C)C)NC(=O)c1cc([N+](=O)[O-])ccc1Cl. The van der Waals surface area contributed by atoms with Crippen LogP contribution in [0, 0.1) is 16.0 Å². The van der Waals surface area contributed by atoms with Crippen LogP contribution >= 0.6 is 11.6 Å². The molecule has 1 aromatic carbocycles. The molecule has 7 nitrogen and oxygen atoms in total. The molecule has 0 aliphatic heterocycles. The molecule has 0 radical (unpaired) electrons. The Hall–Kier alpha value is -2.15. The lowest BCUT2D eigenvalue weighted by Crippen LogP contribution is -2.42. The van der Waals surface area contributed by atoms with Crippen LogP contribution in [-0.2, 0) is 9.53 Å². The van der Waals surface area contributed by atoms with Gasteiger partial charge in [0.25, 0.3) is 11.6 Å². The van der Waals surface area contributed by atoms with Gasteiger partial charge in [0.15, 0.2) is 0 Å². The molecule has 0 unspecified atom stereocenters. The molecular weight excluding hydrogens is 312 g/mol. The number of benzene rings is 1. The number of halogens is 1. The molecule has 120 valence electrons. The molecule has 0 aromatic heterocycles. The first kappa shape index (κ1) is 17.9. The molecule has 0 fully saturated rings. The molecule has 1 atom stereocenters. The van der Waals surface area contributed by atoms with E-state index in [1.165, 1.54) is 19.2 Å². The van der Waals surface area contributed by atoms with Crippen LogP contribution in [0.15, 0.2) is 18.2 Å². The summed E-state index contributed by atoms with van der Waals surface area (Å²) in [5.41, 5.74) is -0.318. The molecule has 1 amide bonds. The van der Waals surface area contributed by atoms with E-state index < -0.39 is 22.8 Å². The van der Waals surface area contributed by atoms with Crippen LogP contribution < -0.4 is 5.32 Å². The number of carbonyl (C=O) groups excluding carboxylic acids is 2. The van der Waals surface area contributed by atoms with E-state index in [1.807, 2.05) is 13.8 Å². The van der Waals surface area contributed by atoms with Gasteiger partial charge in [0, 0.05) is 12.1 Å². The summed E-state index contributed by atoms with van der Waals surface area (Å²) in [6.07, 6.45) is 0.380. The fourth-order valence-electron chi connectivity index (χ4n) is 1.86. The van der Waals surface area contributed by atoms with Gasteiger partial charge in [-0.05, 0) is 18.4 Å². The van der Waals surface area contributed by atoms with Crippen molar-refractivity contribution in [3.8, 4) is 0 Å². The molecule has 1 N–H and O–H groups in total. The lowest BCUT2D eigenvalue weighted by atomic mass is 10.0. The first-order valence-electron chi connectivity index (χ1n) is 6.58. The second-order valence-corrected chi connectivity index (χ2v) is 5.51. The van der Waals surface area contributed by atoms with Gasteiger partial charge in [0.05, 0.1) is 22.6 Å². The molecule has 0 aliphatic rings. The van der Waals surface area contributed by atoms with Crippen LogP contribution in [0.4, 0.5) is 5.69 Å². The number of ether oxygens (including phenoxy) is 1. The Labute approximate surface area is 132 Å². The quantitative estimate of drug-likeness (QED) is 0.491. The maximum atomic E-state index is 12.2. The van der Waals surface area contributed by atoms with E-state index >= 15 is 0 Å². The number of methoxy groups -OCH3 is 1. The third-order valence-electron chi connectivity index (χ3n) is 2.90. The van der Waals surface area contributed by atoms with Gasteiger partial charge in [-0.1, -0.05) is 25.4 Å². The molecular formula is C14H17ClN2O5. The Morgan fingerprint density at radius 1 is 1.41 bits per heavy atom. The van der Waals surface area contributed by atoms with Crippen molar-refractivity contribution in [2.75, 3.05) is 7.11 Å². The van der Waals surface area contributed by atoms with Crippen molar-refractivity contribution in [3.05, 3.63) is 38.9 Å². The third-order valence-corrected chi connectivity index (χ3v) is 3.23.